The summed E-state index contributed by atoms with van der Waals surface area (Å²) in [5.74, 6) is 0. The number of hydrogen-bond acceptors (Lipinski definition) is 3. The number of allylic oxidation sites excluding steroid dienone is 1. The lowest BCUT2D eigenvalue weighted by Crippen LogP contribution is -2.31. The van der Waals surface area contributed by atoms with Gasteiger partial charge in [-0.25, -0.2) is 0 Å². The molecule has 0 aliphatic carbocycles. The molecule has 0 fully saturated rings. The van der Waals surface area contributed by atoms with Crippen LogP contribution in [0.3, 0.4) is 0 Å². The molecule has 0 saturated carbocycles. The summed E-state index contributed by atoms with van der Waals surface area (Å²) in [5.41, 5.74) is 4.18. The Morgan fingerprint density at radius 1 is 1.04 bits per heavy atom. The van der Waals surface area contributed by atoms with Crippen molar-refractivity contribution < 1.29 is 4.57 Å². The van der Waals surface area contributed by atoms with Gasteiger partial charge in [0.15, 0.2) is 12.4 Å². The zero-order valence-corrected chi connectivity index (χ0v) is 13.0. The van der Waals surface area contributed by atoms with Crippen molar-refractivity contribution in [2.75, 3.05) is 6.54 Å². The second kappa shape index (κ2) is 8.26. The van der Waals surface area contributed by atoms with Crippen LogP contribution >= 0.6 is 0 Å². The van der Waals surface area contributed by atoms with Gasteiger partial charge >= 0.3 is 0 Å². The first kappa shape index (κ1) is 16.1. The average Bonchev–Trinajstić information content (AvgIpc) is 2.58. The lowest BCUT2D eigenvalue weighted by Gasteiger charge is -2.06. The van der Waals surface area contributed by atoms with Gasteiger partial charge in [0.1, 0.15) is 12.6 Å². The quantitative estimate of drug-likeness (QED) is 0.484. The van der Waals surface area contributed by atoms with Gasteiger partial charge in [-0.1, -0.05) is 24.3 Å². The molecule has 0 saturated heterocycles. The van der Waals surface area contributed by atoms with Crippen LogP contribution in [0, 0.1) is 22.7 Å². The largest absolute Gasteiger partial charge is 0.277 e. The van der Waals surface area contributed by atoms with Gasteiger partial charge in [0.05, 0.1) is 6.07 Å². The molecule has 1 aromatic heterocycles. The Morgan fingerprint density at radius 3 is 2.48 bits per heavy atom. The lowest BCUT2D eigenvalue weighted by molar-refractivity contribution is -0.685. The van der Waals surface area contributed by atoms with Crippen LogP contribution in [-0.4, -0.2) is 12.8 Å². The highest BCUT2D eigenvalue weighted by molar-refractivity contribution is 5.88. The van der Waals surface area contributed by atoms with E-state index in [4.69, 9.17) is 10.5 Å². The zero-order valence-electron chi connectivity index (χ0n) is 13.0. The Hall–Kier alpha value is -3.24. The molecule has 0 unspecified atom stereocenters. The van der Waals surface area contributed by atoms with Gasteiger partial charge < -0.3 is 0 Å². The summed E-state index contributed by atoms with van der Waals surface area (Å²) in [4.78, 5) is 4.12. The number of rotatable bonds is 5. The van der Waals surface area contributed by atoms with E-state index >= 15 is 0 Å². The van der Waals surface area contributed by atoms with Crippen molar-refractivity contribution in [3.05, 3.63) is 59.9 Å². The minimum atomic E-state index is 0.152. The van der Waals surface area contributed by atoms with Crippen LogP contribution in [0.25, 0.3) is 17.2 Å². The normalized spacial score (nSPS) is 10.7. The average molecular weight is 301 g/mol. The van der Waals surface area contributed by atoms with Crippen LogP contribution in [0.1, 0.15) is 18.1 Å². The molecule has 0 amide bonds. The van der Waals surface area contributed by atoms with Crippen LogP contribution in [0.5, 0.6) is 0 Å². The summed E-state index contributed by atoms with van der Waals surface area (Å²) < 4.78 is 1.83. The van der Waals surface area contributed by atoms with Gasteiger partial charge in [-0.15, -0.1) is 0 Å². The Balaban J connectivity index is 2.38. The van der Waals surface area contributed by atoms with Gasteiger partial charge in [-0.3, -0.25) is 4.99 Å². The summed E-state index contributed by atoms with van der Waals surface area (Å²) in [5, 5.41) is 17.3. The number of pyridine rings is 1. The standard InChI is InChI=1S/C19H17N4/c1-2-3-16-4-5-18(14-19(16)15-22-10-8-20)17-6-11-23(12-7-17)13-9-21/h2-7,11-12,14-15H,10,13H2,1H3/q+1/b3-2-,22-15?. The molecule has 0 aliphatic heterocycles. The smallest absolute Gasteiger partial charge is 0.233 e. The molecular formula is C19H17N4+. The van der Waals surface area contributed by atoms with Crippen molar-refractivity contribution in [2.45, 2.75) is 13.5 Å². The third-order valence-corrected chi connectivity index (χ3v) is 3.30. The van der Waals surface area contributed by atoms with E-state index in [9.17, 15) is 0 Å². The SMILES string of the molecule is C/C=C\c1ccc(-c2cc[n+](CC#N)cc2)cc1C=NCC#N. The van der Waals surface area contributed by atoms with E-state index in [1.807, 2.05) is 60.3 Å². The van der Waals surface area contributed by atoms with Crippen LogP contribution < -0.4 is 4.57 Å². The summed E-state index contributed by atoms with van der Waals surface area (Å²) in [7, 11) is 0. The summed E-state index contributed by atoms with van der Waals surface area (Å²) in [6.07, 6.45) is 9.51. The Bertz CT molecular complexity index is 803. The first-order chi connectivity index (χ1) is 11.3. The maximum absolute atomic E-state index is 8.71. The van der Waals surface area contributed by atoms with Crippen LogP contribution in [0.2, 0.25) is 0 Å². The third-order valence-electron chi connectivity index (χ3n) is 3.30. The molecule has 2 rings (SSSR count). The molecule has 2 aromatic rings. The molecule has 23 heavy (non-hydrogen) atoms. The van der Waals surface area contributed by atoms with E-state index in [1.54, 1.807) is 6.21 Å². The van der Waals surface area contributed by atoms with E-state index in [2.05, 4.69) is 23.2 Å². The Kier molecular flexibility index (Phi) is 5.80. The fourth-order valence-corrected chi connectivity index (χ4v) is 2.22. The van der Waals surface area contributed by atoms with Crippen molar-refractivity contribution in [2.24, 2.45) is 4.99 Å². The topological polar surface area (TPSA) is 63.8 Å². The highest BCUT2D eigenvalue weighted by atomic mass is 14.9. The van der Waals surface area contributed by atoms with Crippen molar-refractivity contribution in [1.29, 1.82) is 10.5 Å². The number of benzene rings is 1. The summed E-state index contributed by atoms with van der Waals surface area (Å²) in [6, 6.07) is 14.2. The molecule has 4 heteroatoms. The van der Waals surface area contributed by atoms with Crippen LogP contribution in [-0.2, 0) is 6.54 Å². The minimum absolute atomic E-state index is 0.152. The molecule has 0 spiro atoms. The maximum atomic E-state index is 8.71. The predicted molar refractivity (Wildman–Crippen MR) is 90.5 cm³/mol. The first-order valence-electron chi connectivity index (χ1n) is 7.28. The number of aliphatic imine (C=N–C) groups is 1. The molecule has 0 radical (unpaired) electrons. The second-order valence-electron chi connectivity index (χ2n) is 4.89. The van der Waals surface area contributed by atoms with Crippen LogP contribution in [0.4, 0.5) is 0 Å². The molecule has 0 bridgehead atoms. The zero-order chi connectivity index (χ0) is 16.5. The van der Waals surface area contributed by atoms with Crippen molar-refractivity contribution >= 4 is 12.3 Å². The fourth-order valence-electron chi connectivity index (χ4n) is 2.22. The highest BCUT2D eigenvalue weighted by Gasteiger charge is 2.05. The highest BCUT2D eigenvalue weighted by Crippen LogP contribution is 2.22. The molecule has 0 atom stereocenters. The number of nitrogens with zero attached hydrogens (tertiary/aromatic N) is 4. The van der Waals surface area contributed by atoms with Crippen molar-refractivity contribution in [1.82, 2.24) is 0 Å². The molecule has 4 nitrogen and oxygen atoms in total. The molecule has 0 N–H and O–H groups in total. The first-order valence-corrected chi connectivity index (χ1v) is 7.28. The van der Waals surface area contributed by atoms with Crippen molar-refractivity contribution in [3.63, 3.8) is 0 Å². The van der Waals surface area contributed by atoms with Gasteiger partial charge in [0, 0.05) is 23.9 Å². The maximum Gasteiger partial charge on any atom is 0.233 e. The lowest BCUT2D eigenvalue weighted by atomic mass is 10.00. The molecule has 0 aliphatic rings. The van der Waals surface area contributed by atoms with Gasteiger partial charge in [0.25, 0.3) is 0 Å². The Labute approximate surface area is 136 Å². The van der Waals surface area contributed by atoms with E-state index in [-0.39, 0.29) is 6.54 Å². The third kappa shape index (κ3) is 4.36. The molecule has 112 valence electrons. The number of nitriles is 2. The van der Waals surface area contributed by atoms with E-state index in [0.717, 1.165) is 22.3 Å². The van der Waals surface area contributed by atoms with Crippen molar-refractivity contribution in [3.8, 4) is 23.3 Å². The van der Waals surface area contributed by atoms with E-state index in [1.165, 1.54) is 0 Å². The summed E-state index contributed by atoms with van der Waals surface area (Å²) in [6.45, 7) is 2.46. The number of hydrogen-bond donors (Lipinski definition) is 0. The number of aromatic nitrogens is 1. The predicted octanol–water partition coefficient (Wildman–Crippen LogP) is 3.14. The molecule has 1 aromatic carbocycles. The van der Waals surface area contributed by atoms with E-state index in [0.29, 0.717) is 6.54 Å². The monoisotopic (exact) mass is 301 g/mol. The second-order valence-corrected chi connectivity index (χ2v) is 4.89. The van der Waals surface area contributed by atoms with E-state index < -0.39 is 0 Å². The molecular weight excluding hydrogens is 284 g/mol. The molecule has 1 heterocycles. The summed E-state index contributed by atoms with van der Waals surface area (Å²) >= 11 is 0. The van der Waals surface area contributed by atoms with Gasteiger partial charge in [-0.2, -0.15) is 15.1 Å². The Morgan fingerprint density at radius 2 is 1.83 bits per heavy atom. The fraction of sp³-hybridized carbons (Fsp3) is 0.158. The van der Waals surface area contributed by atoms with Gasteiger partial charge in [0.2, 0.25) is 6.54 Å². The van der Waals surface area contributed by atoms with Gasteiger partial charge in [-0.05, 0) is 29.7 Å². The van der Waals surface area contributed by atoms with Crippen LogP contribution in [0.15, 0.2) is 53.8 Å². The minimum Gasteiger partial charge on any atom is -0.277 e.